The van der Waals surface area contributed by atoms with Crippen LogP contribution in [-0.4, -0.2) is 34.7 Å². The van der Waals surface area contributed by atoms with E-state index < -0.39 is 6.10 Å². The average molecular weight is 386 g/mol. The molecule has 4 rings (SSSR count). The minimum Gasteiger partial charge on any atom is -0.376 e. The number of aromatic nitrogens is 2. The maximum absolute atomic E-state index is 6.44. The highest BCUT2D eigenvalue weighted by Crippen LogP contribution is 2.32. The predicted molar refractivity (Wildman–Crippen MR) is 105 cm³/mol. The molecule has 2 aromatic rings. The van der Waals surface area contributed by atoms with Crippen LogP contribution in [0.15, 0.2) is 47.1 Å². The SMILES string of the molecule is CN1C=C(c2noc(C(OC3CCCCC3)c3cccc(Cl)c3)n2)C=CC1. The number of hydrogen-bond donors (Lipinski definition) is 0. The third-order valence-electron chi connectivity index (χ3n) is 5.01. The van der Waals surface area contributed by atoms with Gasteiger partial charge in [-0.1, -0.05) is 60.3 Å². The van der Waals surface area contributed by atoms with Crippen LogP contribution in [0.3, 0.4) is 0 Å². The predicted octanol–water partition coefficient (Wildman–Crippen LogP) is 5.00. The molecule has 1 atom stereocenters. The van der Waals surface area contributed by atoms with Crippen LogP contribution >= 0.6 is 11.6 Å². The van der Waals surface area contributed by atoms with Crippen LogP contribution in [0.1, 0.15) is 55.5 Å². The molecule has 0 N–H and O–H groups in total. The van der Waals surface area contributed by atoms with E-state index in [1.165, 1.54) is 19.3 Å². The number of hydrogen-bond acceptors (Lipinski definition) is 5. The van der Waals surface area contributed by atoms with Crippen LogP contribution in [0, 0.1) is 0 Å². The first-order chi connectivity index (χ1) is 13.2. The molecule has 1 aromatic carbocycles. The Morgan fingerprint density at radius 3 is 2.89 bits per heavy atom. The van der Waals surface area contributed by atoms with Gasteiger partial charge in [-0.15, -0.1) is 0 Å². The first-order valence-electron chi connectivity index (χ1n) is 9.52. The lowest BCUT2D eigenvalue weighted by Gasteiger charge is -2.26. The summed E-state index contributed by atoms with van der Waals surface area (Å²) in [6.07, 6.45) is 11.7. The number of halogens is 1. The summed E-state index contributed by atoms with van der Waals surface area (Å²) in [5.74, 6) is 1.05. The molecule has 1 saturated carbocycles. The van der Waals surface area contributed by atoms with E-state index in [-0.39, 0.29) is 6.10 Å². The Bertz CT molecular complexity index is 839. The summed E-state index contributed by atoms with van der Waals surface area (Å²) >= 11 is 6.22. The zero-order valence-electron chi connectivity index (χ0n) is 15.5. The molecular formula is C21H24ClN3O2. The van der Waals surface area contributed by atoms with E-state index in [1.54, 1.807) is 0 Å². The zero-order chi connectivity index (χ0) is 18.6. The van der Waals surface area contributed by atoms with Crippen molar-refractivity contribution in [1.82, 2.24) is 15.0 Å². The molecule has 0 bridgehead atoms. The van der Waals surface area contributed by atoms with Crippen LogP contribution in [0.2, 0.25) is 5.02 Å². The molecule has 1 unspecified atom stereocenters. The topological polar surface area (TPSA) is 51.4 Å². The van der Waals surface area contributed by atoms with E-state index in [2.05, 4.69) is 21.1 Å². The second-order valence-electron chi connectivity index (χ2n) is 7.21. The molecule has 1 fully saturated rings. The molecule has 1 aliphatic carbocycles. The monoisotopic (exact) mass is 385 g/mol. The van der Waals surface area contributed by atoms with Gasteiger partial charge in [-0.2, -0.15) is 4.98 Å². The molecule has 1 aliphatic heterocycles. The van der Waals surface area contributed by atoms with Crippen molar-refractivity contribution >= 4 is 17.2 Å². The minimum absolute atomic E-state index is 0.206. The lowest BCUT2D eigenvalue weighted by Crippen LogP contribution is -2.21. The Kier molecular flexibility index (Phi) is 5.60. The Hall–Kier alpha value is -2.11. The minimum atomic E-state index is -0.404. The van der Waals surface area contributed by atoms with Gasteiger partial charge in [0.1, 0.15) is 0 Å². The average Bonchev–Trinajstić information content (AvgIpc) is 3.17. The van der Waals surface area contributed by atoms with Gasteiger partial charge in [0, 0.05) is 30.4 Å². The van der Waals surface area contributed by atoms with Crippen LogP contribution in [-0.2, 0) is 4.74 Å². The maximum Gasteiger partial charge on any atom is 0.260 e. The highest BCUT2D eigenvalue weighted by Gasteiger charge is 2.27. The van der Waals surface area contributed by atoms with Crippen molar-refractivity contribution in [3.63, 3.8) is 0 Å². The van der Waals surface area contributed by atoms with Gasteiger partial charge in [0.15, 0.2) is 6.10 Å². The molecule has 6 heteroatoms. The van der Waals surface area contributed by atoms with Crippen LogP contribution in [0.5, 0.6) is 0 Å². The molecule has 2 aliphatic rings. The summed E-state index contributed by atoms with van der Waals surface area (Å²) < 4.78 is 12.1. The highest BCUT2D eigenvalue weighted by atomic mass is 35.5. The lowest BCUT2D eigenvalue weighted by atomic mass is 9.97. The molecule has 0 amide bonds. The van der Waals surface area contributed by atoms with Crippen molar-refractivity contribution in [3.8, 4) is 0 Å². The quantitative estimate of drug-likeness (QED) is 0.724. The van der Waals surface area contributed by atoms with Gasteiger partial charge in [0.2, 0.25) is 5.82 Å². The van der Waals surface area contributed by atoms with Gasteiger partial charge in [-0.25, -0.2) is 0 Å². The van der Waals surface area contributed by atoms with Crippen molar-refractivity contribution in [1.29, 1.82) is 0 Å². The number of allylic oxidation sites excluding steroid dienone is 2. The second-order valence-corrected chi connectivity index (χ2v) is 7.65. The fourth-order valence-electron chi connectivity index (χ4n) is 3.61. The van der Waals surface area contributed by atoms with Crippen molar-refractivity contribution in [2.24, 2.45) is 0 Å². The number of nitrogens with zero attached hydrogens (tertiary/aromatic N) is 3. The lowest BCUT2D eigenvalue weighted by molar-refractivity contribution is -0.0251. The normalized spacial score (nSPS) is 19.2. The van der Waals surface area contributed by atoms with Crippen molar-refractivity contribution in [3.05, 3.63) is 64.9 Å². The van der Waals surface area contributed by atoms with Gasteiger partial charge < -0.3 is 14.2 Å². The van der Waals surface area contributed by atoms with Gasteiger partial charge in [0.05, 0.1) is 6.10 Å². The fraction of sp³-hybridized carbons (Fsp3) is 0.429. The Morgan fingerprint density at radius 1 is 1.26 bits per heavy atom. The Balaban J connectivity index is 1.63. The molecule has 1 aromatic heterocycles. The van der Waals surface area contributed by atoms with E-state index in [9.17, 15) is 0 Å². The fourth-order valence-corrected chi connectivity index (χ4v) is 3.81. The third-order valence-corrected chi connectivity index (χ3v) is 5.24. The summed E-state index contributed by atoms with van der Waals surface area (Å²) in [5.41, 5.74) is 1.87. The van der Waals surface area contributed by atoms with E-state index in [1.807, 2.05) is 43.6 Å². The number of ether oxygens (including phenoxy) is 1. The molecule has 5 nitrogen and oxygen atoms in total. The standard InChI is InChI=1S/C21H24ClN3O2/c1-25-12-6-8-16(14-25)20-23-21(27-24-20)19(15-7-5-9-17(22)13-15)26-18-10-3-2-4-11-18/h5-9,13-14,18-19H,2-4,10-12H2,1H3. The van der Waals surface area contributed by atoms with Crippen LogP contribution in [0.25, 0.3) is 5.57 Å². The largest absolute Gasteiger partial charge is 0.376 e. The summed E-state index contributed by atoms with van der Waals surface area (Å²) in [6, 6.07) is 7.69. The molecule has 2 heterocycles. The van der Waals surface area contributed by atoms with Gasteiger partial charge in [0.25, 0.3) is 5.89 Å². The number of likely N-dealkylation sites (N-methyl/N-ethyl adjacent to an activating group) is 1. The van der Waals surface area contributed by atoms with Gasteiger partial charge >= 0.3 is 0 Å². The molecule has 0 radical (unpaired) electrons. The molecular weight excluding hydrogens is 362 g/mol. The summed E-state index contributed by atoms with van der Waals surface area (Å²) in [7, 11) is 2.02. The molecule has 0 saturated heterocycles. The molecule has 0 spiro atoms. The van der Waals surface area contributed by atoms with Crippen LogP contribution < -0.4 is 0 Å². The summed E-state index contributed by atoms with van der Waals surface area (Å²) in [6.45, 7) is 0.879. The Labute approximate surface area is 164 Å². The number of rotatable bonds is 5. The van der Waals surface area contributed by atoms with Crippen molar-refractivity contribution in [2.75, 3.05) is 13.6 Å². The van der Waals surface area contributed by atoms with Crippen molar-refractivity contribution in [2.45, 2.75) is 44.3 Å². The van der Waals surface area contributed by atoms with Crippen LogP contribution in [0.4, 0.5) is 0 Å². The van der Waals surface area contributed by atoms with E-state index in [0.29, 0.717) is 16.7 Å². The highest BCUT2D eigenvalue weighted by molar-refractivity contribution is 6.30. The van der Waals surface area contributed by atoms with Crippen molar-refractivity contribution < 1.29 is 9.26 Å². The summed E-state index contributed by atoms with van der Waals surface area (Å²) in [5, 5.41) is 4.86. The molecule has 142 valence electrons. The second kappa shape index (κ2) is 8.28. The molecule has 27 heavy (non-hydrogen) atoms. The zero-order valence-corrected chi connectivity index (χ0v) is 16.2. The van der Waals surface area contributed by atoms with E-state index >= 15 is 0 Å². The van der Waals surface area contributed by atoms with E-state index in [0.717, 1.165) is 30.5 Å². The summed E-state index contributed by atoms with van der Waals surface area (Å²) in [4.78, 5) is 6.73. The smallest absolute Gasteiger partial charge is 0.260 e. The number of benzene rings is 1. The first-order valence-corrected chi connectivity index (χ1v) is 9.90. The van der Waals surface area contributed by atoms with Gasteiger partial charge in [-0.05, 0) is 30.5 Å². The Morgan fingerprint density at radius 2 is 2.11 bits per heavy atom. The maximum atomic E-state index is 6.44. The van der Waals surface area contributed by atoms with E-state index in [4.69, 9.17) is 20.9 Å². The third kappa shape index (κ3) is 4.42. The first kappa shape index (κ1) is 18.3. The van der Waals surface area contributed by atoms with Gasteiger partial charge in [-0.3, -0.25) is 0 Å².